The van der Waals surface area contributed by atoms with Gasteiger partial charge in [0, 0.05) is 81.8 Å². The Hall–Kier alpha value is -5.18. The third-order valence-electron chi connectivity index (χ3n) is 17.8. The minimum Gasteiger partial charge on any atom is -0.480 e. The number of non-ortho nitro benzene ring substituents is 1. The second-order valence-corrected chi connectivity index (χ2v) is 22.0. The van der Waals surface area contributed by atoms with Crippen LogP contribution in [0.2, 0.25) is 0 Å². The van der Waals surface area contributed by atoms with Crippen LogP contribution < -0.4 is 16.0 Å². The predicted octanol–water partition coefficient (Wildman–Crippen LogP) is 5.22. The van der Waals surface area contributed by atoms with Crippen LogP contribution in [-0.4, -0.2) is 159 Å². The Balaban J connectivity index is 0.766. The molecule has 6 aliphatic rings. The highest BCUT2D eigenvalue weighted by molar-refractivity contribution is 5.99. The Bertz CT molecular complexity index is 2410. The Morgan fingerprint density at radius 2 is 1.52 bits per heavy atom. The van der Waals surface area contributed by atoms with Gasteiger partial charge in [-0.2, -0.15) is 0 Å². The van der Waals surface area contributed by atoms with Crippen molar-refractivity contribution in [1.29, 1.82) is 0 Å². The maximum Gasteiger partial charge on any atom is 0.317 e. The van der Waals surface area contributed by atoms with E-state index in [1.54, 1.807) is 22.1 Å². The van der Waals surface area contributed by atoms with Crippen LogP contribution >= 0.6 is 0 Å². The summed E-state index contributed by atoms with van der Waals surface area (Å²) in [6, 6.07) is 10.8. The van der Waals surface area contributed by atoms with E-state index in [-0.39, 0.29) is 77.2 Å². The largest absolute Gasteiger partial charge is 0.480 e. The molecule has 1 amide bonds. The lowest BCUT2D eigenvalue weighted by Crippen LogP contribution is -2.59. The lowest BCUT2D eigenvalue weighted by Gasteiger charge is -2.59. The molecule has 4 aliphatic carbocycles. The number of nitrogens with one attached hydrogen (secondary N) is 3. The summed E-state index contributed by atoms with van der Waals surface area (Å²) in [6.07, 6.45) is 11.0. The van der Waals surface area contributed by atoms with E-state index in [0.717, 1.165) is 62.6 Å². The zero-order chi connectivity index (χ0) is 50.2. The number of hydrogen-bond donors (Lipinski definition) is 7. The van der Waals surface area contributed by atoms with E-state index in [1.807, 2.05) is 24.3 Å². The number of carboxylic acid groups (broad SMARTS) is 3. The number of nitrogens with zero attached hydrogens (tertiary/aromatic N) is 4. The second kappa shape index (κ2) is 21.1. The van der Waals surface area contributed by atoms with Gasteiger partial charge in [-0.3, -0.25) is 44.0 Å². The zero-order valence-electron chi connectivity index (χ0n) is 40.9. The first kappa shape index (κ1) is 50.7. The highest BCUT2D eigenvalue weighted by atomic mass is 16.6. The van der Waals surface area contributed by atoms with E-state index in [0.29, 0.717) is 98.8 Å². The molecule has 2 aromatic carbocycles. The van der Waals surface area contributed by atoms with Crippen molar-refractivity contribution in [3.05, 3.63) is 64.6 Å². The fourth-order valence-electron chi connectivity index (χ4n) is 14.3. The lowest BCUT2D eigenvalue weighted by molar-refractivity contribution is -0.383. The first-order valence-corrected chi connectivity index (χ1v) is 25.7. The van der Waals surface area contributed by atoms with Crippen molar-refractivity contribution in [3.63, 3.8) is 0 Å². The van der Waals surface area contributed by atoms with E-state index in [4.69, 9.17) is 9.15 Å². The number of ether oxygens (including phenoxy) is 1. The topological polar surface area (TPSA) is 264 Å². The lowest BCUT2D eigenvalue weighted by atomic mass is 9.46. The number of epoxide rings is 1. The minimum atomic E-state index is -0.989. The molecule has 6 unspecified atom stereocenters. The molecule has 6 fully saturated rings. The van der Waals surface area contributed by atoms with Crippen LogP contribution in [0.4, 0.5) is 17.1 Å². The van der Waals surface area contributed by atoms with Gasteiger partial charge in [-0.15, -0.1) is 0 Å². The molecule has 9 rings (SSSR count). The highest BCUT2D eigenvalue weighted by Crippen LogP contribution is 2.72. The molecule has 386 valence electrons. The number of aliphatic hydroxyl groups is 1. The molecule has 71 heavy (non-hydrogen) atoms. The second-order valence-electron chi connectivity index (χ2n) is 22.0. The number of anilines is 2. The average Bonchev–Trinajstić information content (AvgIpc) is 3.59. The number of nitro groups is 1. The van der Waals surface area contributed by atoms with Crippen molar-refractivity contribution in [2.75, 3.05) is 76.1 Å². The molecular weight excluding hydrogens is 915 g/mol. The van der Waals surface area contributed by atoms with Crippen LogP contribution in [0.1, 0.15) is 77.2 Å². The van der Waals surface area contributed by atoms with Crippen LogP contribution in [0.3, 0.4) is 0 Å². The van der Waals surface area contributed by atoms with Crippen LogP contribution in [0.25, 0.3) is 10.8 Å². The van der Waals surface area contributed by atoms with Crippen molar-refractivity contribution >= 4 is 51.6 Å². The molecule has 0 radical (unpaired) electrons. The molecule has 1 spiro atoms. The first-order chi connectivity index (χ1) is 34.0. The van der Waals surface area contributed by atoms with E-state index >= 15 is 0 Å². The van der Waals surface area contributed by atoms with Gasteiger partial charge < -0.3 is 45.5 Å². The van der Waals surface area contributed by atoms with E-state index in [9.17, 15) is 49.7 Å². The maximum absolute atomic E-state index is 13.4. The minimum absolute atomic E-state index is 0.0271. The summed E-state index contributed by atoms with van der Waals surface area (Å²) in [4.78, 5) is 65.1. The number of hydrogen-bond acceptors (Lipinski definition) is 14. The Morgan fingerprint density at radius 3 is 2.18 bits per heavy atom. The molecule has 3 aromatic rings. The SMILES string of the molecule is CC(CCC(=O)Nc1ccc(CC(CN2CCN(CC(=O)O)CCN(CC(=O)O)CC2)NCC(=O)O)cc1)[C@H]1CCC2C3C(C[C@@H]4O[C@@]241)[C@@]1(C)CCC(Nc2ccc([N+](=O)[O-])c4cocc24)C[C@H]1C[C@H]3O. The van der Waals surface area contributed by atoms with Gasteiger partial charge in [-0.25, -0.2) is 0 Å². The van der Waals surface area contributed by atoms with Gasteiger partial charge in [0.2, 0.25) is 5.91 Å². The number of furan rings is 1. The van der Waals surface area contributed by atoms with Gasteiger partial charge in [0.05, 0.1) is 47.5 Å². The summed E-state index contributed by atoms with van der Waals surface area (Å²) in [5.74, 6) is -1.20. The van der Waals surface area contributed by atoms with Crippen LogP contribution in [0.15, 0.2) is 53.3 Å². The molecule has 7 N–H and O–H groups in total. The van der Waals surface area contributed by atoms with Crippen molar-refractivity contribution in [2.45, 2.75) is 108 Å². The number of carbonyl (C=O) groups is 4. The van der Waals surface area contributed by atoms with Crippen LogP contribution in [0.5, 0.6) is 0 Å². The van der Waals surface area contributed by atoms with Crippen molar-refractivity contribution in [1.82, 2.24) is 20.0 Å². The standard InChI is InChI=1S/C52H71N7O12/c1-31(3-12-46(61)55-34-6-4-32(5-7-34)21-36(53-25-47(62)63)26-56-15-17-57(27-48(64)65)19-20-58(18-16-56)28-49(66)67)39-8-9-40-50-41(24-45-52(39,40)71-45)51(2)14-13-35(22-33(51)23-44(50)60)54-42-10-11-43(59(68)69)38-30-70-29-37(38)42/h4-7,10-11,29-31,33,35-36,39-41,44-45,50,53-54,60H,3,8-9,12-28H2,1-2H3,(H,55,61)(H,62,63)(H,64,65)(H,66,67)/t31?,33-,35?,36?,39+,40?,41?,44+,45-,50?,51-,52-/m0/s1. The van der Waals surface area contributed by atoms with Gasteiger partial charge in [0.1, 0.15) is 18.1 Å². The molecule has 2 saturated heterocycles. The smallest absolute Gasteiger partial charge is 0.317 e. The molecule has 1 aromatic heterocycles. The maximum atomic E-state index is 13.4. The third kappa shape index (κ3) is 11.0. The van der Waals surface area contributed by atoms with Crippen molar-refractivity contribution in [3.8, 4) is 0 Å². The van der Waals surface area contributed by atoms with Crippen molar-refractivity contribution < 1.29 is 53.7 Å². The number of carbonyl (C=O) groups excluding carboxylic acids is 1. The third-order valence-corrected chi connectivity index (χ3v) is 17.8. The number of carboxylic acids is 3. The van der Waals surface area contributed by atoms with Crippen LogP contribution in [-0.2, 0) is 30.3 Å². The molecule has 3 heterocycles. The van der Waals surface area contributed by atoms with E-state index in [1.165, 1.54) is 12.3 Å². The van der Waals surface area contributed by atoms with E-state index < -0.39 is 24.0 Å². The summed E-state index contributed by atoms with van der Waals surface area (Å²) in [5, 5.41) is 63.2. The molecular formula is C52H71N7O12. The molecule has 12 atom stereocenters. The number of fused-ring (bicyclic) bond motifs is 5. The number of aliphatic carboxylic acids is 3. The quantitative estimate of drug-likeness (QED) is 0.0461. The Morgan fingerprint density at radius 1 is 0.845 bits per heavy atom. The highest BCUT2D eigenvalue weighted by Gasteiger charge is 2.76. The first-order valence-electron chi connectivity index (χ1n) is 25.7. The Labute approximate surface area is 413 Å². The van der Waals surface area contributed by atoms with Crippen molar-refractivity contribution in [2.24, 2.45) is 40.9 Å². The molecule has 19 heteroatoms. The van der Waals surface area contributed by atoms with Gasteiger partial charge in [0.25, 0.3) is 5.69 Å². The monoisotopic (exact) mass is 986 g/mol. The molecule has 19 nitrogen and oxygen atoms in total. The number of aliphatic hydroxyl groups excluding tert-OH is 1. The summed E-state index contributed by atoms with van der Waals surface area (Å²) in [7, 11) is 0. The van der Waals surface area contributed by atoms with E-state index in [2.05, 4.69) is 34.7 Å². The Kier molecular flexibility index (Phi) is 15.1. The zero-order valence-corrected chi connectivity index (χ0v) is 40.9. The summed E-state index contributed by atoms with van der Waals surface area (Å²) in [6.45, 7) is 7.49. The molecule has 2 aliphatic heterocycles. The summed E-state index contributed by atoms with van der Waals surface area (Å²) < 4.78 is 12.2. The normalized spacial score (nSPS) is 31.9. The number of nitro benzene ring substituents is 1. The van der Waals surface area contributed by atoms with Gasteiger partial charge in [0.15, 0.2) is 0 Å². The molecule has 4 saturated carbocycles. The van der Waals surface area contributed by atoms with Gasteiger partial charge in [-0.05, 0) is 122 Å². The predicted molar refractivity (Wildman–Crippen MR) is 263 cm³/mol. The van der Waals surface area contributed by atoms with Gasteiger partial charge >= 0.3 is 17.9 Å². The molecule has 0 bridgehead atoms. The van der Waals surface area contributed by atoms with Crippen LogP contribution in [0, 0.1) is 51.0 Å². The van der Waals surface area contributed by atoms with Gasteiger partial charge in [-0.1, -0.05) is 26.0 Å². The summed E-state index contributed by atoms with van der Waals surface area (Å²) in [5.41, 5.74) is 2.33. The fourth-order valence-corrected chi connectivity index (χ4v) is 14.3. The number of amides is 1. The summed E-state index contributed by atoms with van der Waals surface area (Å²) >= 11 is 0. The average molecular weight is 986 g/mol. The fraction of sp³-hybridized carbons (Fsp3) is 0.654. The number of rotatable bonds is 19. The number of benzene rings is 2.